The Balaban J connectivity index is 2.35. The van der Waals surface area contributed by atoms with Gasteiger partial charge in [0.05, 0.1) is 5.69 Å². The zero-order valence-corrected chi connectivity index (χ0v) is 9.66. The zero-order valence-electron chi connectivity index (χ0n) is 8.90. The predicted molar refractivity (Wildman–Crippen MR) is 63.5 cm³/mol. The number of anilines is 2. The van der Waals surface area contributed by atoms with E-state index in [1.807, 2.05) is 11.8 Å². The lowest BCUT2D eigenvalue weighted by Crippen LogP contribution is -2.54. The molecule has 0 bridgehead atoms. The van der Waals surface area contributed by atoms with Gasteiger partial charge in [0.15, 0.2) is 5.82 Å². The van der Waals surface area contributed by atoms with E-state index in [0.29, 0.717) is 29.7 Å². The highest BCUT2D eigenvalue weighted by atomic mass is 35.5. The van der Waals surface area contributed by atoms with Crippen LogP contribution < -0.4 is 16.0 Å². The second-order valence-corrected chi connectivity index (χ2v) is 4.09. The smallest absolute Gasteiger partial charge is 0.242 e. The summed E-state index contributed by atoms with van der Waals surface area (Å²) in [6.07, 6.45) is 0. The Hall–Kier alpha value is -1.49. The van der Waals surface area contributed by atoms with Crippen LogP contribution in [-0.2, 0) is 4.79 Å². The Bertz CT molecular complexity index is 423. The number of nitrogens with zero attached hydrogens (tertiary/aromatic N) is 2. The quantitative estimate of drug-likeness (QED) is 0.707. The summed E-state index contributed by atoms with van der Waals surface area (Å²) < 4.78 is 0. The molecule has 0 radical (unpaired) electrons. The van der Waals surface area contributed by atoms with Crippen molar-refractivity contribution in [2.45, 2.75) is 13.0 Å². The van der Waals surface area contributed by atoms with Crippen LogP contribution in [0.3, 0.4) is 0 Å². The van der Waals surface area contributed by atoms with Crippen molar-refractivity contribution in [1.29, 1.82) is 0 Å². The van der Waals surface area contributed by atoms with Crippen molar-refractivity contribution >= 4 is 29.0 Å². The van der Waals surface area contributed by atoms with Crippen LogP contribution >= 0.6 is 11.6 Å². The highest BCUT2D eigenvalue weighted by Crippen LogP contribution is 2.25. The van der Waals surface area contributed by atoms with E-state index in [1.54, 1.807) is 12.1 Å². The first-order valence-corrected chi connectivity index (χ1v) is 5.44. The first-order valence-electron chi connectivity index (χ1n) is 5.06. The van der Waals surface area contributed by atoms with Gasteiger partial charge >= 0.3 is 0 Å². The summed E-state index contributed by atoms with van der Waals surface area (Å²) in [5, 5.41) is 3.16. The third kappa shape index (κ3) is 1.90. The fourth-order valence-corrected chi connectivity index (χ4v) is 1.88. The molecule has 1 atom stereocenters. The van der Waals surface area contributed by atoms with Gasteiger partial charge < -0.3 is 16.0 Å². The Morgan fingerprint density at radius 3 is 3.12 bits per heavy atom. The van der Waals surface area contributed by atoms with Gasteiger partial charge in [-0.25, -0.2) is 4.98 Å². The Labute approximate surface area is 98.6 Å². The van der Waals surface area contributed by atoms with Crippen molar-refractivity contribution in [3.8, 4) is 0 Å². The summed E-state index contributed by atoms with van der Waals surface area (Å²) in [7, 11) is 0. The molecule has 16 heavy (non-hydrogen) atoms. The molecule has 3 N–H and O–H groups in total. The van der Waals surface area contributed by atoms with Gasteiger partial charge in [0.25, 0.3) is 0 Å². The number of aromatic nitrogens is 1. The largest absolute Gasteiger partial charge is 0.396 e. The summed E-state index contributed by atoms with van der Waals surface area (Å²) >= 11 is 5.83. The molecule has 86 valence electrons. The van der Waals surface area contributed by atoms with Gasteiger partial charge in [-0.3, -0.25) is 4.79 Å². The molecule has 0 saturated carbocycles. The highest BCUT2D eigenvalue weighted by molar-refractivity contribution is 6.29. The average Bonchev–Trinajstić information content (AvgIpc) is 2.26. The highest BCUT2D eigenvalue weighted by Gasteiger charge is 2.27. The summed E-state index contributed by atoms with van der Waals surface area (Å²) in [6.45, 7) is 3.10. The van der Waals surface area contributed by atoms with E-state index in [-0.39, 0.29) is 11.9 Å². The molecule has 2 rings (SSSR count). The van der Waals surface area contributed by atoms with E-state index >= 15 is 0 Å². The lowest BCUT2D eigenvalue weighted by molar-refractivity contribution is -0.122. The SMILES string of the molecule is CC1C(=O)NCCN1c1nc(Cl)ccc1N. The maximum Gasteiger partial charge on any atom is 0.242 e. The number of carbonyl (C=O) groups excluding carboxylic acids is 1. The standard InChI is InChI=1S/C10H13ClN4O/c1-6-10(16)13-4-5-15(6)9-7(12)2-3-8(11)14-9/h2-3,6H,4-5,12H2,1H3,(H,13,16). The number of rotatable bonds is 1. The van der Waals surface area contributed by atoms with E-state index in [0.717, 1.165) is 0 Å². The number of pyridine rings is 1. The van der Waals surface area contributed by atoms with E-state index in [4.69, 9.17) is 17.3 Å². The lowest BCUT2D eigenvalue weighted by atomic mass is 10.2. The molecule has 2 heterocycles. The second kappa shape index (κ2) is 4.17. The van der Waals surface area contributed by atoms with Gasteiger partial charge in [0.1, 0.15) is 11.2 Å². The summed E-state index contributed by atoms with van der Waals surface area (Å²) in [5.74, 6) is 0.558. The number of piperazine rings is 1. The van der Waals surface area contributed by atoms with Crippen molar-refractivity contribution in [3.05, 3.63) is 17.3 Å². The van der Waals surface area contributed by atoms with Gasteiger partial charge in [0, 0.05) is 13.1 Å². The Kier molecular flexibility index (Phi) is 2.87. The summed E-state index contributed by atoms with van der Waals surface area (Å²) in [5.41, 5.74) is 6.37. The molecule has 6 heteroatoms. The van der Waals surface area contributed by atoms with Crippen LogP contribution in [0.2, 0.25) is 5.15 Å². The van der Waals surface area contributed by atoms with Crippen molar-refractivity contribution in [1.82, 2.24) is 10.3 Å². The van der Waals surface area contributed by atoms with Crippen LogP contribution in [0.25, 0.3) is 0 Å². The number of nitrogen functional groups attached to an aromatic ring is 1. The molecule has 1 aromatic heterocycles. The molecule has 1 aliphatic rings. The minimum atomic E-state index is -0.276. The number of nitrogens with one attached hydrogen (secondary N) is 1. The van der Waals surface area contributed by atoms with Crippen molar-refractivity contribution in [3.63, 3.8) is 0 Å². The van der Waals surface area contributed by atoms with E-state index in [2.05, 4.69) is 10.3 Å². The molecule has 0 aromatic carbocycles. The fourth-order valence-electron chi connectivity index (χ4n) is 1.74. The average molecular weight is 241 g/mol. The fraction of sp³-hybridized carbons (Fsp3) is 0.400. The van der Waals surface area contributed by atoms with Crippen molar-refractivity contribution in [2.24, 2.45) is 0 Å². The van der Waals surface area contributed by atoms with E-state index in [9.17, 15) is 4.79 Å². The van der Waals surface area contributed by atoms with Crippen LogP contribution in [0, 0.1) is 0 Å². The number of halogens is 1. The summed E-state index contributed by atoms with van der Waals surface area (Å²) in [4.78, 5) is 17.5. The number of hydrogen-bond donors (Lipinski definition) is 2. The van der Waals surface area contributed by atoms with Gasteiger partial charge in [-0.2, -0.15) is 0 Å². The third-order valence-electron chi connectivity index (χ3n) is 2.64. The predicted octanol–water partition coefficient (Wildman–Crippen LogP) is 0.642. The van der Waals surface area contributed by atoms with Gasteiger partial charge in [-0.15, -0.1) is 0 Å². The summed E-state index contributed by atoms with van der Waals surface area (Å²) in [6, 6.07) is 3.06. The number of hydrogen-bond acceptors (Lipinski definition) is 4. The van der Waals surface area contributed by atoms with Crippen LogP contribution in [0.15, 0.2) is 12.1 Å². The molecule has 5 nitrogen and oxygen atoms in total. The third-order valence-corrected chi connectivity index (χ3v) is 2.85. The van der Waals surface area contributed by atoms with Gasteiger partial charge in [-0.05, 0) is 19.1 Å². The first kappa shape index (κ1) is 11.0. The van der Waals surface area contributed by atoms with Crippen LogP contribution in [0.5, 0.6) is 0 Å². The normalized spacial score (nSPS) is 20.8. The molecular formula is C10H13ClN4O. The Morgan fingerprint density at radius 2 is 2.38 bits per heavy atom. The number of amides is 1. The second-order valence-electron chi connectivity index (χ2n) is 3.71. The van der Waals surface area contributed by atoms with Crippen LogP contribution in [0.1, 0.15) is 6.92 Å². The topological polar surface area (TPSA) is 71.2 Å². The number of carbonyl (C=O) groups is 1. The molecule has 1 saturated heterocycles. The molecular weight excluding hydrogens is 228 g/mol. The lowest BCUT2D eigenvalue weighted by Gasteiger charge is -2.34. The monoisotopic (exact) mass is 240 g/mol. The van der Waals surface area contributed by atoms with Crippen LogP contribution in [0.4, 0.5) is 11.5 Å². The van der Waals surface area contributed by atoms with Crippen molar-refractivity contribution in [2.75, 3.05) is 23.7 Å². The Morgan fingerprint density at radius 1 is 1.62 bits per heavy atom. The maximum absolute atomic E-state index is 11.5. The van der Waals surface area contributed by atoms with E-state index in [1.165, 1.54) is 0 Å². The number of nitrogens with two attached hydrogens (primary N) is 1. The zero-order chi connectivity index (χ0) is 11.7. The van der Waals surface area contributed by atoms with E-state index < -0.39 is 0 Å². The first-order chi connectivity index (χ1) is 7.59. The van der Waals surface area contributed by atoms with Gasteiger partial charge in [-0.1, -0.05) is 11.6 Å². The van der Waals surface area contributed by atoms with Gasteiger partial charge in [0.2, 0.25) is 5.91 Å². The molecule has 0 aliphatic carbocycles. The van der Waals surface area contributed by atoms with Crippen molar-refractivity contribution < 1.29 is 4.79 Å². The minimum absolute atomic E-state index is 0.0209. The van der Waals surface area contributed by atoms with Crippen LogP contribution in [-0.4, -0.2) is 30.0 Å². The minimum Gasteiger partial charge on any atom is -0.396 e. The molecule has 1 aromatic rings. The molecule has 1 fully saturated rings. The molecule has 1 aliphatic heterocycles. The molecule has 1 unspecified atom stereocenters. The maximum atomic E-state index is 11.5. The molecule has 0 spiro atoms. The molecule has 1 amide bonds.